The molecule has 1 atom stereocenters. The summed E-state index contributed by atoms with van der Waals surface area (Å²) in [6, 6.07) is 7.99. The lowest BCUT2D eigenvalue weighted by Gasteiger charge is -2.38. The number of aromatic carboxylic acids is 1. The minimum atomic E-state index is -0.880. The van der Waals surface area contributed by atoms with E-state index in [1.54, 1.807) is 6.20 Å². The molecule has 158 valence electrons. The maximum atomic E-state index is 12.1. The molecule has 6 heteroatoms. The topological polar surface area (TPSA) is 61.1 Å². The number of pyridine rings is 2. The fourth-order valence-electron chi connectivity index (χ4n) is 4.74. The fraction of sp³-hybridized carbons (Fsp3) is 0.417. The van der Waals surface area contributed by atoms with Gasteiger partial charge in [0, 0.05) is 67.1 Å². The molecule has 1 saturated heterocycles. The van der Waals surface area contributed by atoms with Crippen molar-refractivity contribution in [1.82, 2.24) is 19.2 Å². The van der Waals surface area contributed by atoms with Crippen LogP contribution in [0.25, 0.3) is 16.6 Å². The standard InChI is InChI=1S/C24H30N4O2/c1-5-26-11-13-27(14-12-26)18(4)23-16(2)21(24(29)30)15-22-20(8-10-28(22)23)19-7-6-9-25-17(19)3/h6-10,15,18H,5,11-14H2,1-4H3,(H,29,30). The molecule has 0 spiro atoms. The molecule has 6 nitrogen and oxygen atoms in total. The average molecular weight is 407 g/mol. The van der Waals surface area contributed by atoms with Crippen molar-refractivity contribution in [2.45, 2.75) is 33.7 Å². The summed E-state index contributed by atoms with van der Waals surface area (Å²) in [7, 11) is 0. The Bertz CT molecular complexity index is 1080. The predicted octanol–water partition coefficient (Wildman–Crippen LogP) is 4.01. The van der Waals surface area contributed by atoms with Crippen LogP contribution in [0.5, 0.6) is 0 Å². The Kier molecular flexibility index (Phi) is 5.62. The second kappa shape index (κ2) is 8.20. The molecule has 1 unspecified atom stereocenters. The van der Waals surface area contributed by atoms with Crippen LogP contribution in [0, 0.1) is 13.8 Å². The largest absolute Gasteiger partial charge is 0.478 e. The van der Waals surface area contributed by atoms with Crippen LogP contribution in [0.15, 0.2) is 36.7 Å². The first-order valence-corrected chi connectivity index (χ1v) is 10.7. The van der Waals surface area contributed by atoms with Crippen molar-refractivity contribution in [3.63, 3.8) is 0 Å². The SMILES string of the molecule is CCN1CCN(C(C)c2c(C)c(C(=O)O)cc3c(-c4cccnc4C)ccn23)CC1. The van der Waals surface area contributed by atoms with Crippen molar-refractivity contribution in [3.05, 3.63) is 59.2 Å². The first kappa shape index (κ1) is 20.6. The molecule has 0 saturated carbocycles. The second-order valence-corrected chi connectivity index (χ2v) is 8.14. The number of nitrogens with zero attached hydrogens (tertiary/aromatic N) is 4. The zero-order valence-electron chi connectivity index (χ0n) is 18.2. The Labute approximate surface area is 177 Å². The number of fused-ring (bicyclic) bond motifs is 1. The van der Waals surface area contributed by atoms with E-state index in [1.165, 1.54) is 0 Å². The smallest absolute Gasteiger partial charge is 0.336 e. The van der Waals surface area contributed by atoms with Gasteiger partial charge in [-0.05, 0) is 51.1 Å². The summed E-state index contributed by atoms with van der Waals surface area (Å²) in [4.78, 5) is 21.4. The van der Waals surface area contributed by atoms with Crippen LogP contribution in [0.1, 0.15) is 47.2 Å². The lowest BCUT2D eigenvalue weighted by molar-refractivity contribution is 0.0695. The molecule has 4 rings (SSSR count). The number of rotatable bonds is 5. The van der Waals surface area contributed by atoms with Crippen LogP contribution in [0.2, 0.25) is 0 Å². The number of aryl methyl sites for hydroxylation is 1. The van der Waals surface area contributed by atoms with Crippen molar-refractivity contribution in [2.24, 2.45) is 0 Å². The number of carboxylic acid groups (broad SMARTS) is 1. The summed E-state index contributed by atoms with van der Waals surface area (Å²) in [6.45, 7) is 13.5. The van der Waals surface area contributed by atoms with Crippen LogP contribution in [-0.4, -0.2) is 63.0 Å². The highest BCUT2D eigenvalue weighted by Crippen LogP contribution is 2.34. The van der Waals surface area contributed by atoms with E-state index in [2.05, 4.69) is 45.3 Å². The Balaban J connectivity index is 1.86. The number of likely N-dealkylation sites (N-methyl/N-ethyl adjacent to an activating group) is 1. The number of carboxylic acids is 1. The van der Waals surface area contributed by atoms with Gasteiger partial charge in [-0.1, -0.05) is 13.0 Å². The minimum absolute atomic E-state index is 0.126. The molecule has 4 heterocycles. The molecule has 3 aromatic rings. The predicted molar refractivity (Wildman–Crippen MR) is 119 cm³/mol. The van der Waals surface area contributed by atoms with Crippen molar-refractivity contribution in [2.75, 3.05) is 32.7 Å². The number of carbonyl (C=O) groups is 1. The molecule has 1 N–H and O–H groups in total. The van der Waals surface area contributed by atoms with Gasteiger partial charge in [0.25, 0.3) is 0 Å². The highest BCUT2D eigenvalue weighted by molar-refractivity contribution is 5.94. The zero-order valence-corrected chi connectivity index (χ0v) is 18.2. The lowest BCUT2D eigenvalue weighted by Crippen LogP contribution is -2.47. The Hall–Kier alpha value is -2.70. The number of piperazine rings is 1. The van der Waals surface area contributed by atoms with E-state index >= 15 is 0 Å². The maximum Gasteiger partial charge on any atom is 0.336 e. The van der Waals surface area contributed by atoms with Crippen LogP contribution in [0.3, 0.4) is 0 Å². The molecular weight excluding hydrogens is 376 g/mol. The van der Waals surface area contributed by atoms with Crippen molar-refractivity contribution >= 4 is 11.5 Å². The summed E-state index contributed by atoms with van der Waals surface area (Å²) in [5.41, 5.74) is 6.19. The van der Waals surface area contributed by atoms with E-state index in [9.17, 15) is 9.90 Å². The zero-order chi connectivity index (χ0) is 21.4. The van der Waals surface area contributed by atoms with Gasteiger partial charge in [0.1, 0.15) is 0 Å². The molecule has 1 fully saturated rings. The van der Waals surface area contributed by atoms with E-state index < -0.39 is 5.97 Å². The molecule has 0 aromatic carbocycles. The van der Waals surface area contributed by atoms with Crippen molar-refractivity contribution in [1.29, 1.82) is 0 Å². The third-order valence-corrected chi connectivity index (χ3v) is 6.58. The first-order valence-electron chi connectivity index (χ1n) is 10.7. The lowest BCUT2D eigenvalue weighted by atomic mass is 9.99. The first-order chi connectivity index (χ1) is 14.4. The minimum Gasteiger partial charge on any atom is -0.478 e. The van der Waals surface area contributed by atoms with E-state index in [0.717, 1.165) is 66.3 Å². The second-order valence-electron chi connectivity index (χ2n) is 8.14. The summed E-state index contributed by atoms with van der Waals surface area (Å²) >= 11 is 0. The van der Waals surface area contributed by atoms with Gasteiger partial charge in [-0.2, -0.15) is 0 Å². The molecule has 0 radical (unpaired) electrons. The molecule has 0 aliphatic carbocycles. The summed E-state index contributed by atoms with van der Waals surface area (Å²) < 4.78 is 2.18. The van der Waals surface area contributed by atoms with Crippen molar-refractivity contribution in [3.8, 4) is 11.1 Å². The average Bonchev–Trinajstić information content (AvgIpc) is 3.16. The van der Waals surface area contributed by atoms with Crippen LogP contribution in [0.4, 0.5) is 0 Å². The molecule has 3 aromatic heterocycles. The van der Waals surface area contributed by atoms with Gasteiger partial charge in [-0.15, -0.1) is 0 Å². The molecular formula is C24H30N4O2. The molecule has 30 heavy (non-hydrogen) atoms. The third kappa shape index (κ3) is 3.50. The molecule has 1 aliphatic rings. The molecule has 0 bridgehead atoms. The van der Waals surface area contributed by atoms with Gasteiger partial charge in [0.05, 0.1) is 11.1 Å². The van der Waals surface area contributed by atoms with Crippen molar-refractivity contribution < 1.29 is 9.90 Å². The highest BCUT2D eigenvalue weighted by atomic mass is 16.4. The van der Waals surface area contributed by atoms with Crippen LogP contribution >= 0.6 is 0 Å². The normalized spacial score (nSPS) is 16.8. The number of hydrogen-bond acceptors (Lipinski definition) is 4. The van der Waals surface area contributed by atoms with Gasteiger partial charge in [0.15, 0.2) is 0 Å². The van der Waals surface area contributed by atoms with Crippen LogP contribution < -0.4 is 0 Å². The number of aromatic nitrogens is 2. The van der Waals surface area contributed by atoms with Gasteiger partial charge in [-0.3, -0.25) is 9.88 Å². The maximum absolute atomic E-state index is 12.1. The fourth-order valence-corrected chi connectivity index (χ4v) is 4.74. The third-order valence-electron chi connectivity index (χ3n) is 6.58. The van der Waals surface area contributed by atoms with E-state index in [1.807, 2.05) is 32.0 Å². The van der Waals surface area contributed by atoms with Gasteiger partial charge in [0.2, 0.25) is 0 Å². The van der Waals surface area contributed by atoms with Gasteiger partial charge < -0.3 is 14.4 Å². The monoisotopic (exact) mass is 406 g/mol. The van der Waals surface area contributed by atoms with Gasteiger partial charge >= 0.3 is 5.97 Å². The Morgan fingerprint density at radius 3 is 2.53 bits per heavy atom. The quantitative estimate of drug-likeness (QED) is 0.694. The summed E-state index contributed by atoms with van der Waals surface area (Å²) in [5, 5.41) is 9.92. The van der Waals surface area contributed by atoms with E-state index in [0.29, 0.717) is 5.56 Å². The summed E-state index contributed by atoms with van der Waals surface area (Å²) in [5.74, 6) is -0.880. The molecule has 1 aliphatic heterocycles. The van der Waals surface area contributed by atoms with Gasteiger partial charge in [-0.25, -0.2) is 4.79 Å². The van der Waals surface area contributed by atoms with Crippen LogP contribution in [-0.2, 0) is 0 Å². The van der Waals surface area contributed by atoms with E-state index in [-0.39, 0.29) is 6.04 Å². The highest BCUT2D eigenvalue weighted by Gasteiger charge is 2.27. The van der Waals surface area contributed by atoms with E-state index in [4.69, 9.17) is 0 Å². The molecule has 0 amide bonds. The summed E-state index contributed by atoms with van der Waals surface area (Å²) in [6.07, 6.45) is 3.86. The Morgan fingerprint density at radius 2 is 1.90 bits per heavy atom. The number of hydrogen-bond donors (Lipinski definition) is 1. The Morgan fingerprint density at radius 1 is 1.17 bits per heavy atom.